The number of hydrogen-bond acceptors (Lipinski definition) is 3. The smallest absolute Gasteiger partial charge is 0.326 e. The lowest BCUT2D eigenvalue weighted by Gasteiger charge is -2.15. The van der Waals surface area contributed by atoms with Crippen molar-refractivity contribution in [2.45, 2.75) is 25.3 Å². The molecule has 0 aliphatic rings. The third kappa shape index (κ3) is 7.56. The summed E-state index contributed by atoms with van der Waals surface area (Å²) in [6.07, 6.45) is 1.57. The molecule has 6 nitrogen and oxygen atoms in total. The summed E-state index contributed by atoms with van der Waals surface area (Å²) < 4.78 is 0.595. The van der Waals surface area contributed by atoms with E-state index in [1.807, 2.05) is 24.3 Å². The van der Waals surface area contributed by atoms with Crippen LogP contribution >= 0.6 is 39.1 Å². The minimum absolute atomic E-state index is 0.153. The van der Waals surface area contributed by atoms with Crippen molar-refractivity contribution in [3.63, 3.8) is 0 Å². The van der Waals surface area contributed by atoms with Crippen molar-refractivity contribution in [3.05, 3.63) is 104 Å². The largest absolute Gasteiger partial charge is 0.480 e. The lowest BCUT2D eigenvalue weighted by molar-refractivity contribution is -0.139. The Hall–Kier alpha value is -2.87. The van der Waals surface area contributed by atoms with Crippen LogP contribution in [0.15, 0.2) is 71.2 Å². The van der Waals surface area contributed by atoms with Crippen LogP contribution < -0.4 is 10.6 Å². The van der Waals surface area contributed by atoms with Crippen molar-refractivity contribution in [1.82, 2.24) is 10.6 Å². The summed E-state index contributed by atoms with van der Waals surface area (Å²) in [5.74, 6) is -1.88. The molecule has 0 heterocycles. The fraction of sp³-hybridized carbons (Fsp3) is 0.192. The molecule has 182 valence electrons. The molecule has 0 saturated heterocycles. The van der Waals surface area contributed by atoms with Gasteiger partial charge in [0.1, 0.15) is 6.04 Å². The Morgan fingerprint density at radius 2 is 1.49 bits per heavy atom. The number of aryl methyl sites for hydroxylation is 1. The van der Waals surface area contributed by atoms with Gasteiger partial charge in [-0.1, -0.05) is 65.7 Å². The number of carboxylic acids is 1. The summed E-state index contributed by atoms with van der Waals surface area (Å²) in [6.45, 7) is 0.449. The van der Waals surface area contributed by atoms with Gasteiger partial charge in [0.2, 0.25) is 0 Å². The quantitative estimate of drug-likeness (QED) is 0.275. The Morgan fingerprint density at radius 1 is 0.857 bits per heavy atom. The zero-order valence-corrected chi connectivity index (χ0v) is 21.7. The second-order valence-corrected chi connectivity index (χ2v) is 9.49. The molecular formula is C26H23BrCl2N2O4. The number of halogens is 3. The van der Waals surface area contributed by atoms with Crippen molar-refractivity contribution in [2.24, 2.45) is 0 Å². The van der Waals surface area contributed by atoms with E-state index in [4.69, 9.17) is 23.2 Å². The predicted octanol–water partition coefficient (Wildman–Crippen LogP) is 5.54. The van der Waals surface area contributed by atoms with Gasteiger partial charge < -0.3 is 15.7 Å². The van der Waals surface area contributed by atoms with E-state index in [0.29, 0.717) is 33.0 Å². The van der Waals surface area contributed by atoms with E-state index in [1.165, 1.54) is 0 Å². The van der Waals surface area contributed by atoms with Crippen LogP contribution in [0.5, 0.6) is 0 Å². The molecule has 0 spiro atoms. The summed E-state index contributed by atoms with van der Waals surface area (Å²) in [4.78, 5) is 36.5. The standard InChI is InChI=1S/C26H23BrCl2N2O4/c27-19-7-2-1-6-18(19)24(32)31-22(26(34)35)15-17-12-10-16(11-13-17)5-4-14-30-25(33)23-20(28)8-3-9-21(23)29/h1-3,6-13,22H,4-5,14-15H2,(H,30,33)(H,31,32)(H,34,35). The minimum Gasteiger partial charge on any atom is -0.480 e. The van der Waals surface area contributed by atoms with E-state index in [1.54, 1.807) is 42.5 Å². The Labute approximate surface area is 221 Å². The lowest BCUT2D eigenvalue weighted by Crippen LogP contribution is -2.42. The zero-order valence-electron chi connectivity index (χ0n) is 18.6. The molecule has 3 aromatic carbocycles. The highest BCUT2D eigenvalue weighted by Gasteiger charge is 2.22. The SMILES string of the molecule is O=C(NC(Cc1ccc(CCCNC(=O)c2c(Cl)cccc2Cl)cc1)C(=O)O)c1ccccc1Br. The predicted molar refractivity (Wildman–Crippen MR) is 140 cm³/mol. The molecule has 0 aromatic heterocycles. The molecule has 0 aliphatic carbocycles. The van der Waals surface area contributed by atoms with E-state index in [0.717, 1.165) is 17.5 Å². The van der Waals surface area contributed by atoms with Gasteiger partial charge in [-0.2, -0.15) is 0 Å². The van der Waals surface area contributed by atoms with Gasteiger partial charge in [0.25, 0.3) is 11.8 Å². The molecule has 0 fully saturated rings. The van der Waals surface area contributed by atoms with E-state index in [-0.39, 0.29) is 17.9 Å². The minimum atomic E-state index is -1.11. The normalized spacial score (nSPS) is 11.5. The number of benzene rings is 3. The first-order valence-electron chi connectivity index (χ1n) is 10.8. The van der Waals surface area contributed by atoms with Crippen molar-refractivity contribution >= 4 is 56.9 Å². The molecule has 0 aliphatic heterocycles. The highest BCUT2D eigenvalue weighted by molar-refractivity contribution is 9.10. The summed E-state index contributed by atoms with van der Waals surface area (Å²) in [5, 5.41) is 15.6. The third-order valence-corrected chi connectivity index (χ3v) is 6.62. The van der Waals surface area contributed by atoms with E-state index in [9.17, 15) is 19.5 Å². The number of amides is 2. The van der Waals surface area contributed by atoms with Crippen molar-refractivity contribution < 1.29 is 19.5 Å². The van der Waals surface area contributed by atoms with Crippen LogP contribution in [0.4, 0.5) is 0 Å². The number of carbonyl (C=O) groups is 3. The molecule has 0 bridgehead atoms. The maximum atomic E-state index is 12.5. The van der Waals surface area contributed by atoms with Crippen LogP contribution in [-0.4, -0.2) is 35.5 Å². The maximum absolute atomic E-state index is 12.5. The Balaban J connectivity index is 1.50. The molecule has 3 rings (SSSR count). The summed E-state index contributed by atoms with van der Waals surface area (Å²) >= 11 is 15.4. The molecule has 9 heteroatoms. The van der Waals surface area contributed by atoms with Crippen molar-refractivity contribution in [2.75, 3.05) is 6.54 Å². The molecule has 0 saturated carbocycles. The number of nitrogens with one attached hydrogen (secondary N) is 2. The lowest BCUT2D eigenvalue weighted by atomic mass is 10.0. The number of hydrogen-bond donors (Lipinski definition) is 3. The van der Waals surface area contributed by atoms with Gasteiger partial charge in [-0.15, -0.1) is 0 Å². The summed E-state index contributed by atoms with van der Waals surface area (Å²) in [7, 11) is 0. The maximum Gasteiger partial charge on any atom is 0.326 e. The molecule has 35 heavy (non-hydrogen) atoms. The highest BCUT2D eigenvalue weighted by Crippen LogP contribution is 2.24. The number of carboxylic acid groups (broad SMARTS) is 1. The average molecular weight is 578 g/mol. The molecule has 0 radical (unpaired) electrons. The van der Waals surface area contributed by atoms with Crippen molar-refractivity contribution in [1.29, 1.82) is 0 Å². The van der Waals surface area contributed by atoms with Crippen LogP contribution in [0.1, 0.15) is 38.3 Å². The van der Waals surface area contributed by atoms with E-state index < -0.39 is 17.9 Å². The van der Waals surface area contributed by atoms with Gasteiger partial charge in [-0.3, -0.25) is 9.59 Å². The van der Waals surface area contributed by atoms with Crippen LogP contribution in [0.25, 0.3) is 0 Å². The van der Waals surface area contributed by atoms with E-state index in [2.05, 4.69) is 26.6 Å². The van der Waals surface area contributed by atoms with Gasteiger partial charge in [-0.05, 0) is 64.2 Å². The second kappa shape index (κ2) is 12.7. The highest BCUT2D eigenvalue weighted by atomic mass is 79.9. The van der Waals surface area contributed by atoms with Crippen molar-refractivity contribution in [3.8, 4) is 0 Å². The average Bonchev–Trinajstić information content (AvgIpc) is 2.82. The molecule has 1 unspecified atom stereocenters. The van der Waals surface area contributed by atoms with Crippen LogP contribution in [-0.2, 0) is 17.6 Å². The second-order valence-electron chi connectivity index (χ2n) is 7.82. The monoisotopic (exact) mass is 576 g/mol. The number of carbonyl (C=O) groups excluding carboxylic acids is 2. The third-order valence-electron chi connectivity index (χ3n) is 5.30. The fourth-order valence-electron chi connectivity index (χ4n) is 3.46. The van der Waals surface area contributed by atoms with Gasteiger partial charge in [0.05, 0.1) is 21.2 Å². The van der Waals surface area contributed by atoms with E-state index >= 15 is 0 Å². The molecule has 3 aromatic rings. The number of aliphatic carboxylic acids is 1. The molecule has 2 amide bonds. The first kappa shape index (κ1) is 26.7. The van der Waals surface area contributed by atoms with Gasteiger partial charge in [0, 0.05) is 17.4 Å². The first-order chi connectivity index (χ1) is 16.8. The molecule has 3 N–H and O–H groups in total. The Kier molecular flexibility index (Phi) is 9.72. The van der Waals surface area contributed by atoms with Crippen LogP contribution in [0.2, 0.25) is 10.0 Å². The molecule has 1 atom stereocenters. The fourth-order valence-corrected chi connectivity index (χ4v) is 4.49. The van der Waals surface area contributed by atoms with Gasteiger partial charge in [-0.25, -0.2) is 4.79 Å². The first-order valence-corrected chi connectivity index (χ1v) is 12.4. The topological polar surface area (TPSA) is 95.5 Å². The summed E-state index contributed by atoms with van der Waals surface area (Å²) in [6, 6.07) is 18.2. The molecular weight excluding hydrogens is 555 g/mol. The van der Waals surface area contributed by atoms with Gasteiger partial charge >= 0.3 is 5.97 Å². The number of rotatable bonds is 10. The van der Waals surface area contributed by atoms with Gasteiger partial charge in [0.15, 0.2) is 0 Å². The van der Waals surface area contributed by atoms with Crippen LogP contribution in [0.3, 0.4) is 0 Å². The zero-order chi connectivity index (χ0) is 25.4. The Morgan fingerprint density at radius 3 is 2.11 bits per heavy atom. The Bertz CT molecular complexity index is 1200. The summed E-state index contributed by atoms with van der Waals surface area (Å²) in [5.41, 5.74) is 2.47. The van der Waals surface area contributed by atoms with Crippen LogP contribution in [0, 0.1) is 0 Å².